The third-order valence-electron chi connectivity index (χ3n) is 5.46. The zero-order valence-corrected chi connectivity index (χ0v) is 20.8. The highest BCUT2D eigenvalue weighted by Gasteiger charge is 2.42. The molecule has 33 heavy (non-hydrogen) atoms. The number of amides is 2. The van der Waals surface area contributed by atoms with Gasteiger partial charge in [0.25, 0.3) is 10.0 Å². The van der Waals surface area contributed by atoms with E-state index < -0.39 is 27.9 Å². The molecule has 0 saturated carbocycles. The van der Waals surface area contributed by atoms with Gasteiger partial charge in [-0.1, -0.05) is 23.7 Å². The van der Waals surface area contributed by atoms with E-state index in [1.54, 1.807) is 44.2 Å². The van der Waals surface area contributed by atoms with Gasteiger partial charge in [0.2, 0.25) is 11.8 Å². The Hall–Kier alpha value is -2.62. The van der Waals surface area contributed by atoms with Gasteiger partial charge in [-0.05, 0) is 76.3 Å². The summed E-state index contributed by atoms with van der Waals surface area (Å²) < 4.78 is 28.8. The maximum atomic E-state index is 13.9. The lowest BCUT2D eigenvalue weighted by molar-refractivity contribution is -0.125. The lowest BCUT2D eigenvalue weighted by Gasteiger charge is -2.37. The summed E-state index contributed by atoms with van der Waals surface area (Å²) in [6, 6.07) is 8.51. The Balaban J connectivity index is 1.98. The Bertz CT molecular complexity index is 1170. The van der Waals surface area contributed by atoms with Gasteiger partial charge in [0, 0.05) is 11.6 Å². The van der Waals surface area contributed by atoms with Crippen LogP contribution in [-0.2, 0) is 19.6 Å². The second kappa shape index (κ2) is 10.1. The molecule has 0 aliphatic carbocycles. The molecule has 0 spiro atoms. The zero-order valence-electron chi connectivity index (χ0n) is 19.2. The topological polar surface area (TPSA) is 98.8 Å². The van der Waals surface area contributed by atoms with Crippen LogP contribution in [0.15, 0.2) is 41.3 Å². The summed E-state index contributed by atoms with van der Waals surface area (Å²) >= 11 is 6.17. The first-order valence-corrected chi connectivity index (χ1v) is 12.5. The molecule has 1 aliphatic heterocycles. The van der Waals surface area contributed by atoms with Crippen LogP contribution in [0.25, 0.3) is 0 Å². The fourth-order valence-corrected chi connectivity index (χ4v) is 5.89. The van der Waals surface area contributed by atoms with Gasteiger partial charge in [0.15, 0.2) is 0 Å². The van der Waals surface area contributed by atoms with Crippen molar-refractivity contribution < 1.29 is 18.0 Å². The van der Waals surface area contributed by atoms with E-state index in [9.17, 15) is 18.0 Å². The monoisotopic (exact) mass is 492 g/mol. The number of hydrogen-bond donors (Lipinski definition) is 2. The van der Waals surface area contributed by atoms with Crippen LogP contribution in [0.3, 0.4) is 0 Å². The Labute approximate surface area is 200 Å². The van der Waals surface area contributed by atoms with Crippen molar-refractivity contribution in [1.82, 2.24) is 10.2 Å². The quantitative estimate of drug-likeness (QED) is 0.552. The third kappa shape index (κ3) is 5.48. The first-order chi connectivity index (χ1) is 15.5. The van der Waals surface area contributed by atoms with Gasteiger partial charge >= 0.3 is 0 Å². The molecule has 178 valence electrons. The molecule has 0 bridgehead atoms. The van der Waals surface area contributed by atoms with E-state index in [2.05, 4.69) is 10.6 Å². The molecule has 8 nitrogen and oxygen atoms in total. The number of para-hydroxylation sites is 2. The number of carbonyl (C=O) groups is 2. The minimum absolute atomic E-state index is 0.0466. The summed E-state index contributed by atoms with van der Waals surface area (Å²) in [5, 5.41) is 5.97. The minimum Gasteiger partial charge on any atom is -0.356 e. The van der Waals surface area contributed by atoms with Crippen LogP contribution in [0.4, 0.5) is 11.4 Å². The highest BCUT2D eigenvalue weighted by Crippen LogP contribution is 2.38. The maximum Gasteiger partial charge on any atom is 0.265 e. The van der Waals surface area contributed by atoms with Crippen molar-refractivity contribution in [2.45, 2.75) is 37.6 Å². The zero-order chi connectivity index (χ0) is 24.3. The van der Waals surface area contributed by atoms with Crippen molar-refractivity contribution in [3.63, 3.8) is 0 Å². The van der Waals surface area contributed by atoms with Crippen molar-refractivity contribution in [2.24, 2.45) is 0 Å². The van der Waals surface area contributed by atoms with Gasteiger partial charge in [-0.15, -0.1) is 0 Å². The van der Waals surface area contributed by atoms with E-state index in [4.69, 9.17) is 11.6 Å². The molecule has 2 aromatic carbocycles. The van der Waals surface area contributed by atoms with E-state index >= 15 is 0 Å². The predicted molar refractivity (Wildman–Crippen MR) is 130 cm³/mol. The number of hydrogen-bond acceptors (Lipinski definition) is 5. The number of rotatable bonds is 8. The molecule has 1 aliphatic rings. The van der Waals surface area contributed by atoms with Crippen LogP contribution in [0.2, 0.25) is 5.02 Å². The Morgan fingerprint density at radius 3 is 2.58 bits per heavy atom. The van der Waals surface area contributed by atoms with E-state index in [1.165, 1.54) is 6.07 Å². The first kappa shape index (κ1) is 25.0. The molecule has 1 heterocycles. The fourth-order valence-electron chi connectivity index (χ4n) is 3.74. The van der Waals surface area contributed by atoms with E-state index in [-0.39, 0.29) is 11.3 Å². The average Bonchev–Trinajstić information content (AvgIpc) is 2.73. The van der Waals surface area contributed by atoms with Gasteiger partial charge in [0.05, 0.1) is 22.7 Å². The Kier molecular flexibility index (Phi) is 7.66. The van der Waals surface area contributed by atoms with Gasteiger partial charge < -0.3 is 15.5 Å². The molecular formula is C23H29ClN4O4S. The standard InChI is InChI=1S/C23H29ClN4O4S/c1-15-13-21(16(2)12-17(15)24)33(31,32)28-19-9-6-5-8-18(19)26-23(30)20(28)14-22(29)25-10-7-11-27(3)4/h5-6,8-9,12-13,20H,7,10-11,14H2,1-4H3,(H,25,29)(H,26,30)/t20-/m1/s1. The molecule has 0 saturated heterocycles. The van der Waals surface area contributed by atoms with Gasteiger partial charge in [-0.2, -0.15) is 0 Å². The molecular weight excluding hydrogens is 464 g/mol. The SMILES string of the molecule is Cc1cc(S(=O)(=O)N2c3ccccc3NC(=O)[C@H]2CC(=O)NCCCN(C)C)c(C)cc1Cl. The van der Waals surface area contributed by atoms with Gasteiger partial charge in [-0.25, -0.2) is 8.42 Å². The third-order valence-corrected chi connectivity index (χ3v) is 7.83. The summed E-state index contributed by atoms with van der Waals surface area (Å²) in [6.07, 6.45) is 0.441. The lowest BCUT2D eigenvalue weighted by Crippen LogP contribution is -2.53. The number of anilines is 2. The van der Waals surface area contributed by atoms with Crippen LogP contribution >= 0.6 is 11.6 Å². The van der Waals surface area contributed by atoms with E-state index in [1.807, 2.05) is 19.0 Å². The number of carbonyl (C=O) groups excluding carboxylic acids is 2. The highest BCUT2D eigenvalue weighted by atomic mass is 35.5. The maximum absolute atomic E-state index is 13.9. The van der Waals surface area contributed by atoms with Gasteiger partial charge in [0.1, 0.15) is 6.04 Å². The second-order valence-electron chi connectivity index (χ2n) is 8.40. The number of nitrogens with zero attached hydrogens (tertiary/aromatic N) is 2. The molecule has 1 atom stereocenters. The summed E-state index contributed by atoms with van der Waals surface area (Å²) in [6.45, 7) is 4.61. The Morgan fingerprint density at radius 2 is 1.88 bits per heavy atom. The van der Waals surface area contributed by atoms with Crippen LogP contribution in [0.5, 0.6) is 0 Å². The van der Waals surface area contributed by atoms with Gasteiger partial charge in [-0.3, -0.25) is 13.9 Å². The van der Waals surface area contributed by atoms with Crippen LogP contribution < -0.4 is 14.9 Å². The lowest BCUT2D eigenvalue weighted by atomic mass is 10.1. The van der Waals surface area contributed by atoms with Crippen LogP contribution in [-0.4, -0.2) is 58.4 Å². The summed E-state index contributed by atoms with van der Waals surface area (Å²) in [4.78, 5) is 27.7. The van der Waals surface area contributed by atoms with Crippen molar-refractivity contribution >= 4 is 44.8 Å². The molecule has 2 aromatic rings. The molecule has 0 radical (unpaired) electrons. The van der Waals surface area contributed by atoms with E-state index in [0.717, 1.165) is 17.3 Å². The Morgan fingerprint density at radius 1 is 1.18 bits per heavy atom. The summed E-state index contributed by atoms with van der Waals surface area (Å²) in [5.41, 5.74) is 1.75. The van der Waals surface area contributed by atoms with E-state index in [0.29, 0.717) is 34.1 Å². The number of halogens is 1. The number of nitrogens with one attached hydrogen (secondary N) is 2. The first-order valence-electron chi connectivity index (χ1n) is 10.6. The highest BCUT2D eigenvalue weighted by molar-refractivity contribution is 7.93. The molecule has 0 aromatic heterocycles. The molecule has 0 fully saturated rings. The van der Waals surface area contributed by atoms with Crippen molar-refractivity contribution in [3.05, 3.63) is 52.5 Å². The van der Waals surface area contributed by atoms with Crippen molar-refractivity contribution in [2.75, 3.05) is 36.8 Å². The number of aryl methyl sites for hydroxylation is 2. The fraction of sp³-hybridized carbons (Fsp3) is 0.391. The molecule has 3 rings (SSSR count). The second-order valence-corrected chi connectivity index (χ2v) is 10.6. The number of fused-ring (bicyclic) bond motifs is 1. The number of sulfonamides is 1. The average molecular weight is 493 g/mol. The predicted octanol–water partition coefficient (Wildman–Crippen LogP) is 2.93. The molecule has 2 N–H and O–H groups in total. The summed E-state index contributed by atoms with van der Waals surface area (Å²) in [5.74, 6) is -0.943. The molecule has 0 unspecified atom stereocenters. The van der Waals surface area contributed by atoms with Crippen LogP contribution in [0.1, 0.15) is 24.0 Å². The summed E-state index contributed by atoms with van der Waals surface area (Å²) in [7, 11) is -0.304. The molecule has 10 heteroatoms. The minimum atomic E-state index is -4.18. The normalized spacial score (nSPS) is 15.9. The van der Waals surface area contributed by atoms with Crippen molar-refractivity contribution in [3.8, 4) is 0 Å². The molecule has 2 amide bonds. The smallest absolute Gasteiger partial charge is 0.265 e. The van der Waals surface area contributed by atoms with Crippen LogP contribution in [0, 0.1) is 13.8 Å². The largest absolute Gasteiger partial charge is 0.356 e. The number of benzene rings is 2. The van der Waals surface area contributed by atoms with Crippen molar-refractivity contribution in [1.29, 1.82) is 0 Å².